The van der Waals surface area contributed by atoms with Crippen LogP contribution in [0, 0.1) is 5.92 Å². The van der Waals surface area contributed by atoms with Crippen LogP contribution in [0.25, 0.3) is 0 Å². The highest BCUT2D eigenvalue weighted by Crippen LogP contribution is 2.21. The van der Waals surface area contributed by atoms with Crippen LogP contribution in [0.1, 0.15) is 32.6 Å². The highest BCUT2D eigenvalue weighted by atomic mass is 32.2. The van der Waals surface area contributed by atoms with Crippen LogP contribution in [0.5, 0.6) is 0 Å². The Hall–Kier alpha value is 0.0500. The fourth-order valence-corrected chi connectivity index (χ4v) is 2.00. The lowest BCUT2D eigenvalue weighted by Gasteiger charge is -2.18. The molecule has 0 saturated carbocycles. The van der Waals surface area contributed by atoms with Crippen molar-refractivity contribution in [2.45, 2.75) is 38.7 Å². The van der Waals surface area contributed by atoms with Gasteiger partial charge in [0.25, 0.3) is 0 Å². The summed E-state index contributed by atoms with van der Waals surface area (Å²) in [7, 11) is 0. The highest BCUT2D eigenvalue weighted by Gasteiger charge is 2.11. The van der Waals surface area contributed by atoms with Crippen molar-refractivity contribution in [2.75, 3.05) is 6.26 Å². The molecule has 0 aliphatic heterocycles. The molecule has 2 unspecified atom stereocenters. The molecule has 0 saturated heterocycles. The molecule has 1 aliphatic rings. The Morgan fingerprint density at radius 2 is 2.17 bits per heavy atom. The van der Waals surface area contributed by atoms with Crippen molar-refractivity contribution >= 4 is 12.0 Å². The molecule has 0 heterocycles. The normalized spacial score (nSPS) is 33.8. The van der Waals surface area contributed by atoms with Crippen molar-refractivity contribution in [3.63, 3.8) is 0 Å². The monoisotopic (exact) mass is 186 g/mol. The highest BCUT2D eigenvalue weighted by molar-refractivity contribution is 7.93. The molecule has 2 heteroatoms. The second kappa shape index (κ2) is 5.65. The number of hydrogen-bond acceptors (Lipinski definition) is 2. The van der Waals surface area contributed by atoms with E-state index >= 15 is 0 Å². The Kier molecular flexibility index (Phi) is 4.77. The summed E-state index contributed by atoms with van der Waals surface area (Å²) in [6, 6.07) is 0. The van der Waals surface area contributed by atoms with Crippen LogP contribution in [-0.2, 0) is 4.18 Å². The van der Waals surface area contributed by atoms with Gasteiger partial charge in [-0.25, -0.2) is 0 Å². The predicted molar refractivity (Wildman–Crippen MR) is 55.2 cm³/mol. The van der Waals surface area contributed by atoms with Crippen LogP contribution >= 0.6 is 12.0 Å². The first kappa shape index (κ1) is 10.1. The van der Waals surface area contributed by atoms with Crippen molar-refractivity contribution in [1.29, 1.82) is 0 Å². The quantitative estimate of drug-likeness (QED) is 0.483. The number of hydrogen-bond donors (Lipinski definition) is 0. The second-order valence-corrected chi connectivity index (χ2v) is 3.97. The molecular formula is C10H18OS. The molecule has 0 N–H and O–H groups in total. The summed E-state index contributed by atoms with van der Waals surface area (Å²) >= 11 is 1.50. The van der Waals surface area contributed by atoms with E-state index in [0.717, 1.165) is 5.92 Å². The van der Waals surface area contributed by atoms with E-state index in [4.69, 9.17) is 4.18 Å². The maximum atomic E-state index is 5.55. The van der Waals surface area contributed by atoms with Crippen LogP contribution in [0.4, 0.5) is 0 Å². The molecule has 1 rings (SSSR count). The van der Waals surface area contributed by atoms with E-state index in [2.05, 4.69) is 19.1 Å². The van der Waals surface area contributed by atoms with Crippen molar-refractivity contribution in [3.8, 4) is 0 Å². The number of rotatable bonds is 2. The molecule has 0 aromatic carbocycles. The number of allylic oxidation sites excluding steroid dienone is 2. The summed E-state index contributed by atoms with van der Waals surface area (Å²) in [5.41, 5.74) is 0. The third kappa shape index (κ3) is 3.63. The van der Waals surface area contributed by atoms with E-state index in [-0.39, 0.29) is 0 Å². The van der Waals surface area contributed by atoms with E-state index in [1.165, 1.54) is 37.7 Å². The first-order chi connectivity index (χ1) is 5.83. The van der Waals surface area contributed by atoms with E-state index in [1.807, 2.05) is 6.26 Å². The Morgan fingerprint density at radius 1 is 1.33 bits per heavy atom. The van der Waals surface area contributed by atoms with Crippen molar-refractivity contribution < 1.29 is 4.18 Å². The topological polar surface area (TPSA) is 9.23 Å². The molecular weight excluding hydrogens is 168 g/mol. The average molecular weight is 186 g/mol. The van der Waals surface area contributed by atoms with Gasteiger partial charge in [-0.2, -0.15) is 0 Å². The molecule has 0 aromatic heterocycles. The van der Waals surface area contributed by atoms with Crippen molar-refractivity contribution in [3.05, 3.63) is 12.2 Å². The van der Waals surface area contributed by atoms with Crippen LogP contribution in [-0.4, -0.2) is 12.4 Å². The lowest BCUT2D eigenvalue weighted by Crippen LogP contribution is -2.11. The van der Waals surface area contributed by atoms with Gasteiger partial charge >= 0.3 is 0 Å². The third-order valence-corrected chi connectivity index (χ3v) is 2.76. The molecule has 0 amide bonds. The summed E-state index contributed by atoms with van der Waals surface area (Å²) in [5, 5.41) is 0. The van der Waals surface area contributed by atoms with E-state index in [0.29, 0.717) is 6.10 Å². The maximum Gasteiger partial charge on any atom is 0.0725 e. The van der Waals surface area contributed by atoms with Gasteiger partial charge in [0, 0.05) is 6.26 Å². The van der Waals surface area contributed by atoms with Crippen LogP contribution < -0.4 is 0 Å². The molecule has 0 bridgehead atoms. The molecule has 1 nitrogen and oxygen atoms in total. The molecule has 0 radical (unpaired) electrons. The Bertz CT molecular complexity index is 145. The van der Waals surface area contributed by atoms with Gasteiger partial charge in [-0.1, -0.05) is 19.1 Å². The second-order valence-electron chi connectivity index (χ2n) is 3.45. The summed E-state index contributed by atoms with van der Waals surface area (Å²) in [4.78, 5) is 0. The van der Waals surface area contributed by atoms with Crippen LogP contribution in [0.15, 0.2) is 12.2 Å². The predicted octanol–water partition coefficient (Wildman–Crippen LogP) is 3.42. The summed E-state index contributed by atoms with van der Waals surface area (Å²) in [6.07, 6.45) is 11.9. The van der Waals surface area contributed by atoms with Crippen molar-refractivity contribution in [2.24, 2.45) is 5.92 Å². The van der Waals surface area contributed by atoms with Gasteiger partial charge in [0.05, 0.1) is 6.10 Å². The maximum absolute atomic E-state index is 5.55. The summed E-state index contributed by atoms with van der Waals surface area (Å²) < 4.78 is 5.55. The van der Waals surface area contributed by atoms with Gasteiger partial charge in [0.2, 0.25) is 0 Å². The molecule has 2 atom stereocenters. The first-order valence-corrected chi connectivity index (χ1v) is 5.84. The fraction of sp³-hybridized carbons (Fsp3) is 0.800. The van der Waals surface area contributed by atoms with Gasteiger partial charge in [-0.3, -0.25) is 0 Å². The zero-order chi connectivity index (χ0) is 8.81. The van der Waals surface area contributed by atoms with Gasteiger partial charge in [0.1, 0.15) is 0 Å². The zero-order valence-electron chi connectivity index (χ0n) is 7.95. The minimum absolute atomic E-state index is 0.479. The molecule has 1 aliphatic carbocycles. The largest absolute Gasteiger partial charge is 0.312 e. The molecule has 12 heavy (non-hydrogen) atoms. The smallest absolute Gasteiger partial charge is 0.0725 e. The van der Waals surface area contributed by atoms with Gasteiger partial charge < -0.3 is 4.18 Å². The standard InChI is InChI=1S/C10H18OS/c1-9-5-3-4-6-10(8-7-9)11-12-2/h3,5,9-10H,4,6-8H2,1-2H3/b5-3+. The van der Waals surface area contributed by atoms with Crippen molar-refractivity contribution in [1.82, 2.24) is 0 Å². The first-order valence-electron chi connectivity index (χ1n) is 4.69. The van der Waals surface area contributed by atoms with Crippen LogP contribution in [0.3, 0.4) is 0 Å². The molecule has 0 spiro atoms. The Morgan fingerprint density at radius 3 is 2.92 bits per heavy atom. The van der Waals surface area contributed by atoms with E-state index in [1.54, 1.807) is 0 Å². The van der Waals surface area contributed by atoms with E-state index in [9.17, 15) is 0 Å². The van der Waals surface area contributed by atoms with Gasteiger partial charge in [0.15, 0.2) is 0 Å². The SMILES string of the molecule is CSOC1CC/C=C/C(C)CC1. The zero-order valence-corrected chi connectivity index (χ0v) is 8.77. The molecule has 0 fully saturated rings. The molecule has 0 aromatic rings. The van der Waals surface area contributed by atoms with E-state index < -0.39 is 0 Å². The molecule has 70 valence electrons. The van der Waals surface area contributed by atoms with Gasteiger partial charge in [-0.05, 0) is 43.6 Å². The Labute approximate surface area is 79.8 Å². The van der Waals surface area contributed by atoms with Crippen LogP contribution in [0.2, 0.25) is 0 Å². The minimum Gasteiger partial charge on any atom is -0.312 e. The lowest BCUT2D eigenvalue weighted by atomic mass is 9.97. The van der Waals surface area contributed by atoms with Gasteiger partial charge in [-0.15, -0.1) is 0 Å². The fourth-order valence-electron chi connectivity index (χ4n) is 1.53. The lowest BCUT2D eigenvalue weighted by molar-refractivity contribution is 0.208. The Balaban J connectivity index is 2.33. The minimum atomic E-state index is 0.479. The third-order valence-electron chi connectivity index (χ3n) is 2.30. The average Bonchev–Trinajstić information content (AvgIpc) is 2.04. The summed E-state index contributed by atoms with van der Waals surface area (Å²) in [6.45, 7) is 2.28. The summed E-state index contributed by atoms with van der Waals surface area (Å²) in [5.74, 6) is 0.734.